The summed E-state index contributed by atoms with van der Waals surface area (Å²) in [5, 5.41) is 10.3. The third kappa shape index (κ3) is 8.32. The smallest absolute Gasteiger partial charge is 0.272 e. The minimum Gasteiger partial charge on any atom is -0.491 e. The molecule has 2 amide bonds. The molecule has 0 bridgehead atoms. The number of benzene rings is 1. The largest absolute Gasteiger partial charge is 0.491 e. The van der Waals surface area contributed by atoms with Gasteiger partial charge < -0.3 is 30.0 Å². The van der Waals surface area contributed by atoms with Crippen LogP contribution in [0.25, 0.3) is 0 Å². The van der Waals surface area contributed by atoms with Crippen molar-refractivity contribution >= 4 is 59.7 Å². The van der Waals surface area contributed by atoms with Gasteiger partial charge in [-0.3, -0.25) is 30.0 Å². The Morgan fingerprint density at radius 2 is 2.12 bits per heavy atom. The van der Waals surface area contributed by atoms with E-state index in [1.165, 1.54) is 5.37 Å². The van der Waals surface area contributed by atoms with Gasteiger partial charge in [0, 0.05) is 35.5 Å². The second kappa shape index (κ2) is 15.0. The molecule has 0 spiro atoms. The zero-order chi connectivity index (χ0) is 30.0. The lowest BCUT2D eigenvalue weighted by Crippen LogP contribution is -2.76. The van der Waals surface area contributed by atoms with Gasteiger partial charge in [0.1, 0.15) is 36.2 Å². The molecule has 15 nitrogen and oxygen atoms in total. The highest BCUT2D eigenvalue weighted by Gasteiger charge is 2.57. The number of aliphatic imine (C=N–C) groups is 1. The molecule has 1 aliphatic rings. The summed E-state index contributed by atoms with van der Waals surface area (Å²) in [6, 6.07) is 6.11. The number of hydroxylamine groups is 3. The molecular weight excluding hydrogens is 595 g/mol. The van der Waals surface area contributed by atoms with Crippen LogP contribution in [0.15, 0.2) is 53.0 Å². The van der Waals surface area contributed by atoms with Crippen molar-refractivity contribution in [1.29, 1.82) is 0 Å². The number of hydrogen-bond acceptors (Lipinski definition) is 14. The van der Waals surface area contributed by atoms with E-state index in [9.17, 15) is 9.59 Å². The van der Waals surface area contributed by atoms with Crippen LogP contribution in [0.4, 0.5) is 0 Å². The van der Waals surface area contributed by atoms with E-state index in [1.807, 2.05) is 0 Å². The van der Waals surface area contributed by atoms with Gasteiger partial charge in [-0.05, 0) is 45.0 Å². The van der Waals surface area contributed by atoms with Gasteiger partial charge in [-0.25, -0.2) is 4.98 Å². The number of nitrogens with zero attached hydrogens (tertiary/aromatic N) is 3. The van der Waals surface area contributed by atoms with Crippen molar-refractivity contribution < 1.29 is 28.0 Å². The lowest BCUT2D eigenvalue weighted by atomic mass is 9.84. The number of hydrogen-bond donors (Lipinski definition) is 7. The van der Waals surface area contributed by atoms with Crippen LogP contribution < -0.4 is 31.1 Å². The van der Waals surface area contributed by atoms with Crippen LogP contribution in [0.2, 0.25) is 0 Å². The Morgan fingerprint density at radius 1 is 1.39 bits per heavy atom. The molecule has 18 heteroatoms. The number of allylic oxidation sites excluding steroid dienone is 1. The van der Waals surface area contributed by atoms with E-state index in [-0.39, 0.29) is 30.3 Å². The van der Waals surface area contributed by atoms with Crippen LogP contribution in [-0.4, -0.2) is 66.9 Å². The summed E-state index contributed by atoms with van der Waals surface area (Å²) in [4.78, 5) is 42.5. The third-order valence-electron chi connectivity index (χ3n) is 5.79. The summed E-state index contributed by atoms with van der Waals surface area (Å²) in [6.45, 7) is 5.49. The summed E-state index contributed by atoms with van der Waals surface area (Å²) in [5.41, 5.74) is 8.47. The van der Waals surface area contributed by atoms with Crippen LogP contribution in [0.1, 0.15) is 32.2 Å². The zero-order valence-corrected chi connectivity index (χ0v) is 24.8. The monoisotopic (exact) mass is 625 g/mol. The Morgan fingerprint density at radius 3 is 2.71 bits per heavy atom. The Hall–Kier alpha value is -3.39. The van der Waals surface area contributed by atoms with Crippen molar-refractivity contribution in [3.8, 4) is 5.75 Å². The first-order chi connectivity index (χ1) is 19.6. The summed E-state index contributed by atoms with van der Waals surface area (Å²) in [7, 11) is 0. The topological polar surface area (TPSA) is 214 Å². The van der Waals surface area contributed by atoms with Crippen molar-refractivity contribution in [3.63, 3.8) is 0 Å². The van der Waals surface area contributed by atoms with E-state index in [2.05, 4.69) is 30.5 Å². The molecular formula is C23H31N9O6S3. The van der Waals surface area contributed by atoms with Crippen LogP contribution in [0.3, 0.4) is 0 Å². The van der Waals surface area contributed by atoms with Gasteiger partial charge in [0.2, 0.25) is 0 Å². The fraction of sp³-hybridized carbons (Fsp3) is 0.348. The summed E-state index contributed by atoms with van der Waals surface area (Å²) >= 11 is 5.76. The second-order valence-electron chi connectivity index (χ2n) is 9.07. The molecule has 2 heterocycles. The molecule has 1 saturated heterocycles. The van der Waals surface area contributed by atoms with Crippen molar-refractivity contribution in [3.05, 3.63) is 59.4 Å². The van der Waals surface area contributed by atoms with E-state index in [1.54, 1.807) is 57.4 Å². The first-order valence-electron chi connectivity index (χ1n) is 12.0. The molecule has 3 rings (SSSR count). The maximum Gasteiger partial charge on any atom is 0.272 e. The van der Waals surface area contributed by atoms with Gasteiger partial charge in [-0.1, -0.05) is 12.2 Å². The predicted octanol–water partition coefficient (Wildman–Crippen LogP) is 1.08. The maximum atomic E-state index is 13.1. The molecule has 0 saturated carbocycles. The van der Waals surface area contributed by atoms with Gasteiger partial charge >= 0.3 is 0 Å². The number of β-lactam (4-membered cyclic amide) rings is 1. The highest BCUT2D eigenvalue weighted by atomic mass is 32.2. The molecule has 41 heavy (non-hydrogen) atoms. The number of carbonyl (C=O) groups is 2. The zero-order valence-electron chi connectivity index (χ0n) is 22.3. The fourth-order valence-electron chi connectivity index (χ4n) is 3.55. The summed E-state index contributed by atoms with van der Waals surface area (Å²) in [5.74, 6) is 0.398. The van der Waals surface area contributed by atoms with E-state index < -0.39 is 29.5 Å². The number of H-pyrrole nitrogens is 1. The minimum atomic E-state index is -0.941. The number of ether oxygens (including phenoxy) is 1. The van der Waals surface area contributed by atoms with Crippen molar-refractivity contribution in [2.24, 2.45) is 15.9 Å². The quantitative estimate of drug-likeness (QED) is 0.0203. The van der Waals surface area contributed by atoms with Gasteiger partial charge in [0.15, 0.2) is 18.0 Å². The Kier molecular flexibility index (Phi) is 11.8. The van der Waals surface area contributed by atoms with E-state index >= 15 is 0 Å². The maximum absolute atomic E-state index is 13.1. The number of nitrogens with one attached hydrogen (secondary N) is 4. The minimum absolute atomic E-state index is 0.0309. The van der Waals surface area contributed by atoms with Crippen molar-refractivity contribution in [1.82, 2.24) is 30.6 Å². The SMILES string of the molecule is CC(COc1ccc(C(N)=NCc2ncc[nH]2)cc1)ON/C(C(=O)N[C@@H]1C(=O)N(OSO)C1(C)C)=C(/C=S)NSN. The molecule has 2 atom stereocenters. The molecule has 1 fully saturated rings. The molecule has 0 aliphatic carbocycles. The second-order valence-corrected chi connectivity index (χ2v) is 10.0. The lowest BCUT2D eigenvalue weighted by Gasteiger charge is -2.50. The highest BCUT2D eigenvalue weighted by molar-refractivity contribution is 7.95. The fourth-order valence-corrected chi connectivity index (χ4v) is 4.42. The molecule has 1 aromatic carbocycles. The number of amidine groups is 1. The predicted molar refractivity (Wildman–Crippen MR) is 158 cm³/mol. The number of aromatic nitrogens is 2. The molecule has 1 aromatic heterocycles. The van der Waals surface area contributed by atoms with Crippen LogP contribution in [-0.2, 0) is 25.3 Å². The van der Waals surface area contributed by atoms with Crippen LogP contribution in [0, 0.1) is 0 Å². The number of amides is 2. The normalized spacial score (nSPS) is 17.7. The third-order valence-corrected chi connectivity index (χ3v) is 6.58. The Labute approximate surface area is 250 Å². The molecule has 2 aromatic rings. The lowest BCUT2D eigenvalue weighted by molar-refractivity contribution is -0.214. The van der Waals surface area contributed by atoms with Gasteiger partial charge in [0.25, 0.3) is 11.8 Å². The van der Waals surface area contributed by atoms with Gasteiger partial charge in [0.05, 0.1) is 17.8 Å². The molecule has 0 radical (unpaired) electrons. The molecule has 1 unspecified atom stereocenters. The Bertz CT molecular complexity index is 1260. The first-order valence-corrected chi connectivity index (χ1v) is 14.0. The highest BCUT2D eigenvalue weighted by Crippen LogP contribution is 2.33. The number of carbonyl (C=O) groups excluding carboxylic acids is 2. The van der Waals surface area contributed by atoms with Crippen molar-refractivity contribution in [2.75, 3.05) is 6.61 Å². The molecule has 1 aliphatic heterocycles. The van der Waals surface area contributed by atoms with Crippen LogP contribution >= 0.6 is 36.7 Å². The average molecular weight is 626 g/mol. The standard InChI is InChI=1S/C23H31N9O6S3/c1-13(11-36-15-6-4-14(5-7-15)20(24)28-10-17-26-8-9-27-17)37-30-18(16(12-39)31-40-25)21(33)29-19-22(34)32(38-41-35)23(19,2)3/h4-9,12-13,19,30-31,35H,10-11,25H2,1-3H3,(H2,24,28)(H,26,27)(H,29,33)/b18-16-/t13?,19-/m1/s1. The van der Waals surface area contributed by atoms with Gasteiger partial charge in [-0.15, -0.1) is 0 Å². The first kappa shape index (κ1) is 32.1. The van der Waals surface area contributed by atoms with Crippen molar-refractivity contribution in [2.45, 2.75) is 45.0 Å². The van der Waals surface area contributed by atoms with E-state index in [0.717, 1.165) is 22.8 Å². The Balaban J connectivity index is 1.56. The summed E-state index contributed by atoms with van der Waals surface area (Å²) in [6.07, 6.45) is 2.82. The summed E-state index contributed by atoms with van der Waals surface area (Å²) < 4.78 is 22.2. The number of thiocarbonyl (C=S) groups is 1. The number of imidazole rings is 1. The van der Waals surface area contributed by atoms with E-state index in [0.29, 0.717) is 24.0 Å². The number of aromatic amines is 1. The number of rotatable bonds is 16. The number of nitrogens with two attached hydrogens (primary N) is 2. The van der Waals surface area contributed by atoms with Crippen LogP contribution in [0.5, 0.6) is 5.75 Å². The molecule has 9 N–H and O–H groups in total. The van der Waals surface area contributed by atoms with Gasteiger partial charge in [-0.2, -0.15) is 9.35 Å². The average Bonchev–Trinajstić information content (AvgIpc) is 3.49. The van der Waals surface area contributed by atoms with E-state index in [4.69, 9.17) is 41.5 Å². The molecule has 222 valence electrons.